The Morgan fingerprint density at radius 2 is 1.95 bits per heavy atom. The molecule has 104 valence electrons. The molecule has 0 radical (unpaired) electrons. The van der Waals surface area contributed by atoms with E-state index >= 15 is 0 Å². The summed E-state index contributed by atoms with van der Waals surface area (Å²) in [4.78, 5) is 0. The molecular weight excluding hydrogens is 308 g/mol. The molecule has 2 rings (SSSR count). The second-order valence-electron chi connectivity index (χ2n) is 4.49. The first-order valence-electron chi connectivity index (χ1n) is 6.48. The number of nitrogens with two attached hydrogens (primary N) is 1. The van der Waals surface area contributed by atoms with Crippen LogP contribution >= 0.6 is 15.9 Å². The van der Waals surface area contributed by atoms with Crippen molar-refractivity contribution < 1.29 is 0 Å². The predicted molar refractivity (Wildman–Crippen MR) is 77.9 cm³/mol. The lowest BCUT2D eigenvalue weighted by Gasteiger charge is -2.08. The molecule has 0 saturated carbocycles. The number of hydrogen-bond donors (Lipinski definition) is 1. The first-order valence-corrected chi connectivity index (χ1v) is 7.27. The number of aryl methyl sites for hydroxylation is 2. The van der Waals surface area contributed by atoms with Crippen LogP contribution in [-0.4, -0.2) is 24.8 Å². The molecule has 0 spiro atoms. The van der Waals surface area contributed by atoms with Gasteiger partial charge in [0, 0.05) is 6.54 Å². The Balaban J connectivity index is 2.36. The van der Waals surface area contributed by atoms with Crippen molar-refractivity contribution in [2.75, 3.05) is 5.73 Å². The van der Waals surface area contributed by atoms with Crippen LogP contribution in [0.5, 0.6) is 0 Å². The summed E-state index contributed by atoms with van der Waals surface area (Å²) in [5.41, 5.74) is 8.95. The average molecular weight is 327 g/mol. The van der Waals surface area contributed by atoms with Crippen molar-refractivity contribution in [2.45, 2.75) is 46.7 Å². The number of anilines is 1. The van der Waals surface area contributed by atoms with Gasteiger partial charge in [0.25, 0.3) is 0 Å². The second kappa shape index (κ2) is 5.73. The molecule has 0 unspecified atom stereocenters. The van der Waals surface area contributed by atoms with Crippen LogP contribution in [0.4, 0.5) is 5.82 Å². The Kier molecular flexibility index (Phi) is 4.24. The van der Waals surface area contributed by atoms with Crippen molar-refractivity contribution in [1.82, 2.24) is 24.8 Å². The summed E-state index contributed by atoms with van der Waals surface area (Å²) in [5, 5.41) is 12.6. The van der Waals surface area contributed by atoms with E-state index in [9.17, 15) is 0 Å². The average Bonchev–Trinajstić information content (AvgIpc) is 2.87. The van der Waals surface area contributed by atoms with E-state index in [1.54, 1.807) is 0 Å². The number of nitrogens with zero attached hydrogens (tertiary/aromatic N) is 5. The van der Waals surface area contributed by atoms with Gasteiger partial charge in [-0.1, -0.05) is 18.6 Å². The largest absolute Gasteiger partial charge is 0.381 e. The van der Waals surface area contributed by atoms with Gasteiger partial charge in [0.1, 0.15) is 0 Å². The molecule has 0 aromatic carbocycles. The summed E-state index contributed by atoms with van der Waals surface area (Å²) < 4.78 is 4.88. The molecule has 0 aliphatic rings. The molecule has 0 atom stereocenters. The van der Waals surface area contributed by atoms with Crippen LogP contribution in [0.2, 0.25) is 0 Å². The van der Waals surface area contributed by atoms with E-state index in [1.165, 1.54) is 0 Å². The maximum atomic E-state index is 5.87. The molecule has 2 aromatic heterocycles. The van der Waals surface area contributed by atoms with Gasteiger partial charge >= 0.3 is 0 Å². The summed E-state index contributed by atoms with van der Waals surface area (Å²) >= 11 is 3.59. The molecule has 0 amide bonds. The van der Waals surface area contributed by atoms with Crippen LogP contribution < -0.4 is 5.73 Å². The van der Waals surface area contributed by atoms with Gasteiger partial charge in [-0.05, 0) is 36.2 Å². The van der Waals surface area contributed by atoms with Crippen LogP contribution in [0.3, 0.4) is 0 Å². The number of aromatic nitrogens is 5. The van der Waals surface area contributed by atoms with Gasteiger partial charge in [0.15, 0.2) is 5.82 Å². The Morgan fingerprint density at radius 1 is 1.21 bits per heavy atom. The fourth-order valence-corrected chi connectivity index (χ4v) is 2.54. The van der Waals surface area contributed by atoms with Crippen LogP contribution in [0, 0.1) is 6.92 Å². The summed E-state index contributed by atoms with van der Waals surface area (Å²) in [7, 11) is 0. The molecule has 0 fully saturated rings. The van der Waals surface area contributed by atoms with E-state index in [1.807, 2.05) is 16.3 Å². The SMILES string of the molecule is CCCc1c(N)nnn1Cc1c(Br)c(C)nn1CC. The number of rotatable bonds is 5. The van der Waals surface area contributed by atoms with Crippen molar-refractivity contribution in [3.05, 3.63) is 21.6 Å². The summed E-state index contributed by atoms with van der Waals surface area (Å²) in [6.45, 7) is 7.64. The second-order valence-corrected chi connectivity index (χ2v) is 5.28. The highest BCUT2D eigenvalue weighted by Crippen LogP contribution is 2.23. The van der Waals surface area contributed by atoms with Gasteiger partial charge in [0.2, 0.25) is 0 Å². The molecule has 0 aliphatic carbocycles. The minimum Gasteiger partial charge on any atom is -0.381 e. The minimum atomic E-state index is 0.525. The van der Waals surface area contributed by atoms with Gasteiger partial charge in [-0.25, -0.2) is 4.68 Å². The van der Waals surface area contributed by atoms with Crippen LogP contribution in [0.15, 0.2) is 4.47 Å². The van der Waals surface area contributed by atoms with E-state index in [0.717, 1.165) is 40.9 Å². The molecule has 0 saturated heterocycles. The topological polar surface area (TPSA) is 74.6 Å². The summed E-state index contributed by atoms with van der Waals surface area (Å²) in [6, 6.07) is 0. The van der Waals surface area contributed by atoms with Crippen molar-refractivity contribution in [3.63, 3.8) is 0 Å². The van der Waals surface area contributed by atoms with E-state index in [-0.39, 0.29) is 0 Å². The third kappa shape index (κ3) is 2.65. The van der Waals surface area contributed by atoms with Gasteiger partial charge in [-0.3, -0.25) is 4.68 Å². The zero-order chi connectivity index (χ0) is 14.0. The molecule has 19 heavy (non-hydrogen) atoms. The third-order valence-corrected chi connectivity index (χ3v) is 4.14. The molecule has 0 aliphatic heterocycles. The lowest BCUT2D eigenvalue weighted by molar-refractivity contribution is 0.549. The third-order valence-electron chi connectivity index (χ3n) is 3.11. The van der Waals surface area contributed by atoms with E-state index < -0.39 is 0 Å². The fraction of sp³-hybridized carbons (Fsp3) is 0.583. The Labute approximate surface area is 121 Å². The quantitative estimate of drug-likeness (QED) is 0.913. The monoisotopic (exact) mass is 326 g/mol. The zero-order valence-corrected chi connectivity index (χ0v) is 13.1. The first-order chi connectivity index (χ1) is 9.08. The lowest BCUT2D eigenvalue weighted by atomic mass is 10.2. The zero-order valence-electron chi connectivity index (χ0n) is 11.5. The predicted octanol–water partition coefficient (Wildman–Crippen LogP) is 2.15. The summed E-state index contributed by atoms with van der Waals surface area (Å²) in [6.07, 6.45) is 1.90. The van der Waals surface area contributed by atoms with Crippen molar-refractivity contribution >= 4 is 21.7 Å². The smallest absolute Gasteiger partial charge is 0.169 e. The number of halogens is 1. The first kappa shape index (κ1) is 14.0. The van der Waals surface area contributed by atoms with Crippen LogP contribution in [0.25, 0.3) is 0 Å². The highest BCUT2D eigenvalue weighted by molar-refractivity contribution is 9.10. The van der Waals surface area contributed by atoms with E-state index in [0.29, 0.717) is 12.4 Å². The van der Waals surface area contributed by atoms with Crippen LogP contribution in [-0.2, 0) is 19.5 Å². The Bertz CT molecular complexity index is 571. The maximum absolute atomic E-state index is 5.87. The Hall–Kier alpha value is -1.37. The maximum Gasteiger partial charge on any atom is 0.169 e. The highest BCUT2D eigenvalue weighted by atomic mass is 79.9. The standard InChI is InChI=1S/C12H19BrN6/c1-4-6-9-12(14)15-17-19(9)7-10-11(13)8(3)16-18(10)5-2/h4-7,14H2,1-3H3. The summed E-state index contributed by atoms with van der Waals surface area (Å²) in [5.74, 6) is 0.525. The fourth-order valence-electron chi connectivity index (χ4n) is 2.13. The van der Waals surface area contributed by atoms with E-state index in [4.69, 9.17) is 5.73 Å². The van der Waals surface area contributed by atoms with Gasteiger partial charge < -0.3 is 5.73 Å². The molecule has 7 heteroatoms. The molecule has 2 aromatic rings. The minimum absolute atomic E-state index is 0.525. The van der Waals surface area contributed by atoms with E-state index in [2.05, 4.69) is 45.2 Å². The number of nitrogen functional groups attached to an aromatic ring is 1. The molecule has 2 N–H and O–H groups in total. The number of hydrogen-bond acceptors (Lipinski definition) is 4. The van der Waals surface area contributed by atoms with Crippen LogP contribution in [0.1, 0.15) is 37.4 Å². The molecule has 2 heterocycles. The van der Waals surface area contributed by atoms with Gasteiger partial charge in [-0.2, -0.15) is 5.10 Å². The van der Waals surface area contributed by atoms with Crippen molar-refractivity contribution in [3.8, 4) is 0 Å². The van der Waals surface area contributed by atoms with Gasteiger partial charge in [0.05, 0.1) is 28.1 Å². The Morgan fingerprint density at radius 3 is 2.58 bits per heavy atom. The molecular formula is C12H19BrN6. The lowest BCUT2D eigenvalue weighted by Crippen LogP contribution is -2.12. The highest BCUT2D eigenvalue weighted by Gasteiger charge is 2.16. The molecule has 6 nitrogen and oxygen atoms in total. The van der Waals surface area contributed by atoms with Crippen molar-refractivity contribution in [2.24, 2.45) is 0 Å². The normalized spacial score (nSPS) is 11.2. The molecule has 0 bridgehead atoms. The van der Waals surface area contributed by atoms with Crippen molar-refractivity contribution in [1.29, 1.82) is 0 Å². The van der Waals surface area contributed by atoms with Gasteiger partial charge in [-0.15, -0.1) is 5.10 Å².